The molecule has 7 heteroatoms. The van der Waals surface area contributed by atoms with Crippen LogP contribution in [0.1, 0.15) is 39.5 Å². The van der Waals surface area contributed by atoms with Gasteiger partial charge in [-0.25, -0.2) is 0 Å². The van der Waals surface area contributed by atoms with E-state index in [9.17, 15) is 14.4 Å². The summed E-state index contributed by atoms with van der Waals surface area (Å²) in [5.74, 6) is -0.274. The van der Waals surface area contributed by atoms with E-state index in [1.807, 2.05) is 35.8 Å². The van der Waals surface area contributed by atoms with Gasteiger partial charge >= 0.3 is 0 Å². The third kappa shape index (κ3) is 4.41. The first kappa shape index (κ1) is 21.8. The minimum Gasteiger partial charge on any atom is -0.336 e. The van der Waals surface area contributed by atoms with Crippen LogP contribution >= 0.6 is 0 Å². The molecule has 1 aromatic carbocycles. The number of pyridine rings is 2. The molecule has 2 unspecified atom stereocenters. The van der Waals surface area contributed by atoms with Gasteiger partial charge in [0.25, 0.3) is 17.4 Å². The molecule has 0 spiro atoms. The highest BCUT2D eigenvalue weighted by atomic mass is 16.2. The maximum absolute atomic E-state index is 13.7. The molecule has 1 saturated heterocycles. The molecule has 2 aliphatic rings. The SMILES string of the molecule is Cc1ccc(C(=O)NC(=Cc2cccnc2)C(=O)N2CC3CC(C2)c2cccc(=O)n2C3)cc1. The van der Waals surface area contributed by atoms with E-state index in [0.29, 0.717) is 25.2 Å². The third-order valence-electron chi connectivity index (χ3n) is 6.55. The van der Waals surface area contributed by atoms with E-state index in [1.54, 1.807) is 53.7 Å². The molecule has 3 aromatic rings. The maximum Gasteiger partial charge on any atom is 0.270 e. The molecule has 2 bridgehead atoms. The largest absolute Gasteiger partial charge is 0.336 e. The fraction of sp³-hybridized carbons (Fsp3) is 0.259. The molecule has 172 valence electrons. The highest BCUT2D eigenvalue weighted by molar-refractivity contribution is 6.05. The number of hydrogen-bond donors (Lipinski definition) is 1. The molecule has 4 heterocycles. The van der Waals surface area contributed by atoms with Gasteiger partial charge in [-0.3, -0.25) is 19.4 Å². The van der Waals surface area contributed by atoms with Crippen LogP contribution < -0.4 is 10.9 Å². The highest BCUT2D eigenvalue weighted by Crippen LogP contribution is 2.35. The monoisotopic (exact) mass is 454 g/mol. The fourth-order valence-electron chi connectivity index (χ4n) is 4.91. The quantitative estimate of drug-likeness (QED) is 0.615. The van der Waals surface area contributed by atoms with Crippen LogP contribution in [0.5, 0.6) is 0 Å². The first-order chi connectivity index (χ1) is 16.5. The zero-order valence-electron chi connectivity index (χ0n) is 19.0. The zero-order chi connectivity index (χ0) is 23.7. The van der Waals surface area contributed by atoms with Crippen LogP contribution in [0.2, 0.25) is 0 Å². The molecule has 1 fully saturated rings. The van der Waals surface area contributed by atoms with Gasteiger partial charge in [0.15, 0.2) is 0 Å². The van der Waals surface area contributed by atoms with E-state index in [0.717, 1.165) is 23.2 Å². The molecular weight excluding hydrogens is 428 g/mol. The van der Waals surface area contributed by atoms with Crippen molar-refractivity contribution in [3.63, 3.8) is 0 Å². The standard InChI is InChI=1S/C27H26N4O3/c1-18-7-9-21(10-8-18)26(33)29-23(13-19-4-3-11-28-14-19)27(34)30-15-20-12-22(17-30)24-5-2-6-25(32)31(24)16-20/h2-11,13-14,20,22H,12,15-17H2,1H3,(H,29,33). The second-order valence-electron chi connectivity index (χ2n) is 9.07. The van der Waals surface area contributed by atoms with Gasteiger partial charge in [-0.1, -0.05) is 29.8 Å². The lowest BCUT2D eigenvalue weighted by Gasteiger charge is -2.43. The van der Waals surface area contributed by atoms with Crippen molar-refractivity contribution in [3.05, 3.63) is 105 Å². The number of nitrogens with zero attached hydrogens (tertiary/aromatic N) is 3. The van der Waals surface area contributed by atoms with Crippen molar-refractivity contribution in [2.75, 3.05) is 13.1 Å². The molecule has 2 amide bonds. The number of amides is 2. The smallest absolute Gasteiger partial charge is 0.270 e. The van der Waals surface area contributed by atoms with Crippen molar-refractivity contribution in [2.24, 2.45) is 5.92 Å². The summed E-state index contributed by atoms with van der Waals surface area (Å²) in [6.07, 6.45) is 5.93. The van der Waals surface area contributed by atoms with Gasteiger partial charge in [-0.2, -0.15) is 0 Å². The van der Waals surface area contributed by atoms with E-state index in [2.05, 4.69) is 10.3 Å². The Hall–Kier alpha value is -4.00. The molecule has 2 aromatic heterocycles. The lowest BCUT2D eigenvalue weighted by molar-refractivity contribution is -0.130. The molecule has 0 aliphatic carbocycles. The van der Waals surface area contributed by atoms with E-state index < -0.39 is 0 Å². The molecular formula is C27H26N4O3. The number of piperidine rings is 1. The predicted molar refractivity (Wildman–Crippen MR) is 129 cm³/mol. The number of carbonyl (C=O) groups excluding carboxylic acids is 2. The second-order valence-corrected chi connectivity index (χ2v) is 9.07. The summed E-state index contributed by atoms with van der Waals surface area (Å²) in [5.41, 5.74) is 3.46. The van der Waals surface area contributed by atoms with Crippen LogP contribution in [0.25, 0.3) is 6.08 Å². The molecule has 34 heavy (non-hydrogen) atoms. The Bertz CT molecular complexity index is 1310. The van der Waals surface area contributed by atoms with Gasteiger partial charge in [0, 0.05) is 55.3 Å². The number of aromatic nitrogens is 2. The molecule has 7 nitrogen and oxygen atoms in total. The van der Waals surface area contributed by atoms with Gasteiger partial charge in [-0.15, -0.1) is 0 Å². The summed E-state index contributed by atoms with van der Waals surface area (Å²) in [4.78, 5) is 44.9. The first-order valence-electron chi connectivity index (χ1n) is 11.5. The first-order valence-corrected chi connectivity index (χ1v) is 11.5. The van der Waals surface area contributed by atoms with E-state index >= 15 is 0 Å². The Kier molecular flexibility index (Phi) is 5.84. The van der Waals surface area contributed by atoms with Crippen molar-refractivity contribution in [1.29, 1.82) is 0 Å². The van der Waals surface area contributed by atoms with Crippen molar-refractivity contribution >= 4 is 17.9 Å². The summed E-state index contributed by atoms with van der Waals surface area (Å²) < 4.78 is 1.84. The topological polar surface area (TPSA) is 84.3 Å². The van der Waals surface area contributed by atoms with Crippen LogP contribution in [0.3, 0.4) is 0 Å². The van der Waals surface area contributed by atoms with Crippen LogP contribution in [-0.4, -0.2) is 39.4 Å². The molecule has 1 N–H and O–H groups in total. The van der Waals surface area contributed by atoms with E-state index in [1.165, 1.54) is 0 Å². The van der Waals surface area contributed by atoms with Gasteiger partial charge < -0.3 is 14.8 Å². The van der Waals surface area contributed by atoms with Crippen molar-refractivity contribution in [3.8, 4) is 0 Å². The lowest BCUT2D eigenvalue weighted by atomic mass is 9.83. The van der Waals surface area contributed by atoms with Crippen LogP contribution in [0, 0.1) is 12.8 Å². The highest BCUT2D eigenvalue weighted by Gasteiger charge is 2.37. The Morgan fingerprint density at radius 1 is 1.03 bits per heavy atom. The van der Waals surface area contributed by atoms with Crippen LogP contribution in [0.15, 0.2) is 77.5 Å². The van der Waals surface area contributed by atoms with Crippen molar-refractivity contribution in [2.45, 2.75) is 25.8 Å². The molecule has 2 atom stereocenters. The molecule has 0 saturated carbocycles. The van der Waals surface area contributed by atoms with Gasteiger partial charge in [0.1, 0.15) is 5.70 Å². The van der Waals surface area contributed by atoms with Gasteiger partial charge in [0.2, 0.25) is 0 Å². The number of rotatable bonds is 4. The number of nitrogens with one attached hydrogen (secondary N) is 1. The number of carbonyl (C=O) groups is 2. The minimum absolute atomic E-state index is 0.00880. The predicted octanol–water partition coefficient (Wildman–Crippen LogP) is 2.97. The Balaban J connectivity index is 1.43. The lowest BCUT2D eigenvalue weighted by Crippen LogP contribution is -2.50. The summed E-state index contributed by atoms with van der Waals surface area (Å²) in [5, 5.41) is 2.84. The summed E-state index contributed by atoms with van der Waals surface area (Å²) >= 11 is 0. The zero-order valence-corrected chi connectivity index (χ0v) is 19.0. The van der Waals surface area contributed by atoms with Gasteiger partial charge in [-0.05, 0) is 55.2 Å². The van der Waals surface area contributed by atoms with E-state index in [4.69, 9.17) is 0 Å². The second kappa shape index (κ2) is 9.09. The summed E-state index contributed by atoms with van der Waals surface area (Å²) in [7, 11) is 0. The Labute approximate surface area is 197 Å². The normalized spacial score (nSPS) is 19.3. The minimum atomic E-state index is -0.336. The third-order valence-corrected chi connectivity index (χ3v) is 6.55. The molecule has 0 radical (unpaired) electrons. The van der Waals surface area contributed by atoms with E-state index in [-0.39, 0.29) is 34.9 Å². The van der Waals surface area contributed by atoms with Crippen LogP contribution in [-0.2, 0) is 11.3 Å². The summed E-state index contributed by atoms with van der Waals surface area (Å²) in [6.45, 7) is 3.61. The van der Waals surface area contributed by atoms with Crippen molar-refractivity contribution < 1.29 is 9.59 Å². The number of hydrogen-bond acceptors (Lipinski definition) is 4. The Morgan fingerprint density at radius 2 is 1.85 bits per heavy atom. The number of likely N-dealkylation sites (tertiary alicyclic amines) is 1. The average molecular weight is 455 g/mol. The Morgan fingerprint density at radius 3 is 2.62 bits per heavy atom. The average Bonchev–Trinajstić information content (AvgIpc) is 2.85. The number of benzene rings is 1. The van der Waals surface area contributed by atoms with Crippen LogP contribution in [0.4, 0.5) is 0 Å². The fourth-order valence-corrected chi connectivity index (χ4v) is 4.91. The molecule has 2 aliphatic heterocycles. The van der Waals surface area contributed by atoms with Gasteiger partial charge in [0.05, 0.1) is 0 Å². The molecule has 5 rings (SSSR count). The van der Waals surface area contributed by atoms with Crippen molar-refractivity contribution in [1.82, 2.24) is 19.8 Å². The maximum atomic E-state index is 13.7. The summed E-state index contributed by atoms with van der Waals surface area (Å²) in [6, 6.07) is 16.2. The number of aryl methyl sites for hydroxylation is 1. The number of fused-ring (bicyclic) bond motifs is 4.